The number of nitrogens with zero attached hydrogens (tertiary/aromatic N) is 2. The van der Waals surface area contributed by atoms with Crippen LogP contribution in [-0.4, -0.2) is 9.97 Å². The van der Waals surface area contributed by atoms with Crippen molar-refractivity contribution in [2.24, 2.45) is 0 Å². The largest absolute Gasteiger partial charge is 0.455 e. The zero-order valence-corrected chi connectivity index (χ0v) is 26.7. The number of rotatable bonds is 4. The zero-order chi connectivity index (χ0) is 32.3. The first-order valence-corrected chi connectivity index (χ1v) is 16.9. The van der Waals surface area contributed by atoms with Gasteiger partial charge in [-0.25, -0.2) is 4.98 Å². The van der Waals surface area contributed by atoms with Crippen molar-refractivity contribution in [2.45, 2.75) is 12.8 Å². The first-order valence-electron chi connectivity index (χ1n) is 16.9. The van der Waals surface area contributed by atoms with E-state index < -0.39 is 0 Å². The molecule has 6 aromatic carbocycles. The summed E-state index contributed by atoms with van der Waals surface area (Å²) < 4.78 is 6.73. The maximum absolute atomic E-state index is 6.73. The molecule has 3 aromatic heterocycles. The molecule has 0 fully saturated rings. The second kappa shape index (κ2) is 11.1. The Balaban J connectivity index is 1.12. The molecule has 0 saturated heterocycles. The lowest BCUT2D eigenvalue weighted by Gasteiger charge is -2.14. The minimum absolute atomic E-state index is 0.900. The van der Waals surface area contributed by atoms with Crippen LogP contribution < -0.4 is 0 Å². The molecular weight excluding hydrogens is 597 g/mol. The second-order valence-corrected chi connectivity index (χ2v) is 12.9. The molecule has 0 amide bonds. The van der Waals surface area contributed by atoms with E-state index in [1.165, 1.54) is 27.8 Å². The summed E-state index contributed by atoms with van der Waals surface area (Å²) in [6, 6.07) is 47.6. The fourth-order valence-electron chi connectivity index (χ4n) is 7.58. The molecule has 3 heterocycles. The molecule has 0 unspecified atom stereocenters. The van der Waals surface area contributed by atoms with E-state index in [-0.39, 0.29) is 0 Å². The number of hydrogen-bond donors (Lipinski definition) is 0. The third kappa shape index (κ3) is 4.58. The third-order valence-electron chi connectivity index (χ3n) is 9.98. The minimum atomic E-state index is 0.900. The Hall–Kier alpha value is -6.32. The molecule has 3 nitrogen and oxygen atoms in total. The first-order chi connectivity index (χ1) is 24.3. The molecule has 0 saturated carbocycles. The fourth-order valence-corrected chi connectivity index (χ4v) is 7.58. The molecule has 3 heteroatoms. The van der Waals surface area contributed by atoms with E-state index in [2.05, 4.69) is 151 Å². The quantitative estimate of drug-likeness (QED) is 0.182. The molecule has 9 aromatic rings. The number of pyridine rings is 2. The smallest absolute Gasteiger partial charge is 0.143 e. The van der Waals surface area contributed by atoms with Crippen molar-refractivity contribution in [3.05, 3.63) is 163 Å². The maximum atomic E-state index is 6.73. The summed E-state index contributed by atoms with van der Waals surface area (Å²) in [7, 11) is 0. The molecule has 0 N–H and O–H groups in total. The van der Waals surface area contributed by atoms with E-state index in [4.69, 9.17) is 9.40 Å². The van der Waals surface area contributed by atoms with Crippen molar-refractivity contribution in [3.8, 4) is 33.5 Å². The van der Waals surface area contributed by atoms with Crippen LogP contribution in [0.25, 0.3) is 93.6 Å². The van der Waals surface area contributed by atoms with E-state index in [1.807, 2.05) is 12.3 Å². The number of aromatic nitrogens is 2. The highest BCUT2D eigenvalue weighted by molar-refractivity contribution is 6.19. The van der Waals surface area contributed by atoms with Crippen LogP contribution in [0.1, 0.15) is 18.4 Å². The highest BCUT2D eigenvalue weighted by atomic mass is 16.3. The molecule has 0 spiro atoms. The van der Waals surface area contributed by atoms with Crippen LogP contribution >= 0.6 is 0 Å². The summed E-state index contributed by atoms with van der Waals surface area (Å²) in [5, 5.41) is 6.69. The van der Waals surface area contributed by atoms with E-state index in [9.17, 15) is 0 Å². The Morgan fingerprint density at radius 2 is 1.33 bits per heavy atom. The van der Waals surface area contributed by atoms with Crippen LogP contribution in [0.15, 0.2) is 162 Å². The van der Waals surface area contributed by atoms with Crippen LogP contribution in [0.5, 0.6) is 0 Å². The topological polar surface area (TPSA) is 38.9 Å². The van der Waals surface area contributed by atoms with Gasteiger partial charge in [-0.2, -0.15) is 0 Å². The lowest BCUT2D eigenvalue weighted by atomic mass is 9.90. The summed E-state index contributed by atoms with van der Waals surface area (Å²) in [4.78, 5) is 9.80. The normalized spacial score (nSPS) is 13.2. The molecule has 49 heavy (non-hydrogen) atoms. The number of hydrogen-bond acceptors (Lipinski definition) is 3. The summed E-state index contributed by atoms with van der Waals surface area (Å²) >= 11 is 0. The zero-order valence-electron chi connectivity index (χ0n) is 26.7. The van der Waals surface area contributed by atoms with Gasteiger partial charge in [0.25, 0.3) is 0 Å². The maximum Gasteiger partial charge on any atom is 0.143 e. The Morgan fingerprint density at radius 1 is 0.531 bits per heavy atom. The van der Waals surface area contributed by atoms with Crippen molar-refractivity contribution in [1.82, 2.24) is 9.97 Å². The van der Waals surface area contributed by atoms with Gasteiger partial charge >= 0.3 is 0 Å². The summed E-state index contributed by atoms with van der Waals surface area (Å²) in [5.41, 5.74) is 13.1. The third-order valence-corrected chi connectivity index (χ3v) is 9.98. The summed E-state index contributed by atoms with van der Waals surface area (Å²) in [6.45, 7) is 0. The van der Waals surface area contributed by atoms with Crippen molar-refractivity contribution in [1.29, 1.82) is 0 Å². The van der Waals surface area contributed by atoms with Gasteiger partial charge in [0.15, 0.2) is 0 Å². The first kappa shape index (κ1) is 27.8. The second-order valence-electron chi connectivity index (χ2n) is 12.9. The van der Waals surface area contributed by atoms with Crippen LogP contribution in [0.2, 0.25) is 0 Å². The van der Waals surface area contributed by atoms with E-state index >= 15 is 0 Å². The van der Waals surface area contributed by atoms with E-state index in [0.29, 0.717) is 0 Å². The predicted molar refractivity (Wildman–Crippen MR) is 204 cm³/mol. The Kier molecular flexibility index (Phi) is 6.31. The molecule has 0 bridgehead atoms. The van der Waals surface area contributed by atoms with Crippen molar-refractivity contribution >= 4 is 60.1 Å². The number of fused-ring (bicyclic) bond motifs is 8. The van der Waals surface area contributed by atoms with Crippen LogP contribution in [0, 0.1) is 0 Å². The van der Waals surface area contributed by atoms with Crippen molar-refractivity contribution in [3.63, 3.8) is 0 Å². The lowest BCUT2D eigenvalue weighted by Crippen LogP contribution is -1.92. The molecule has 0 atom stereocenters. The van der Waals surface area contributed by atoms with Gasteiger partial charge in [0.1, 0.15) is 11.2 Å². The molecule has 1 aliphatic carbocycles. The van der Waals surface area contributed by atoms with Gasteiger partial charge in [0, 0.05) is 38.7 Å². The van der Waals surface area contributed by atoms with Gasteiger partial charge in [0.05, 0.1) is 16.7 Å². The average Bonchev–Trinajstić information content (AvgIpc) is 3.56. The van der Waals surface area contributed by atoms with E-state index in [1.54, 1.807) is 0 Å². The average molecular weight is 627 g/mol. The molecule has 0 aliphatic heterocycles. The van der Waals surface area contributed by atoms with Crippen molar-refractivity contribution in [2.75, 3.05) is 0 Å². The molecule has 1 aliphatic rings. The summed E-state index contributed by atoms with van der Waals surface area (Å²) in [5.74, 6) is 0. The van der Waals surface area contributed by atoms with Gasteiger partial charge in [0.2, 0.25) is 0 Å². The number of allylic oxidation sites excluding steroid dienone is 4. The minimum Gasteiger partial charge on any atom is -0.455 e. The van der Waals surface area contributed by atoms with Gasteiger partial charge < -0.3 is 4.42 Å². The number of furan rings is 1. The summed E-state index contributed by atoms with van der Waals surface area (Å²) in [6.07, 6.45) is 10.6. The van der Waals surface area contributed by atoms with Crippen molar-refractivity contribution < 1.29 is 4.42 Å². The Bertz CT molecular complexity index is 2840. The highest BCUT2D eigenvalue weighted by Crippen LogP contribution is 2.42. The molecule has 10 rings (SSSR count). The molecular formula is C46H30N2O. The Labute approximate surface area is 283 Å². The van der Waals surface area contributed by atoms with Gasteiger partial charge in [-0.3, -0.25) is 4.98 Å². The van der Waals surface area contributed by atoms with Crippen LogP contribution in [0.4, 0.5) is 0 Å². The van der Waals surface area contributed by atoms with Crippen LogP contribution in [0.3, 0.4) is 0 Å². The van der Waals surface area contributed by atoms with Gasteiger partial charge in [-0.1, -0.05) is 115 Å². The molecule has 230 valence electrons. The fraction of sp³-hybridized carbons (Fsp3) is 0.0435. The number of benzene rings is 6. The lowest BCUT2D eigenvalue weighted by molar-refractivity contribution is 0.673. The van der Waals surface area contributed by atoms with E-state index in [0.717, 1.165) is 84.2 Å². The highest BCUT2D eigenvalue weighted by Gasteiger charge is 2.17. The SMILES string of the molecule is C1=CCCC(c2ccccc2-c2ccc3c(c2)oc2c4ccccc4c(-c4cccc(-c5ccc6ccc7cccnc7c6n5)c4)cc32)=C1. The standard InChI is InChI=1S/C46H30N2O/c1-2-10-29(11-3-1)35-15-4-5-16-36(35)33-21-23-38-41-28-40(37-17-6-7-18-39(37)46(41)49-43(38)27-33)32-12-8-13-34(26-32)42-24-22-31-20-19-30-14-9-25-47-44(30)45(31)48-42/h1-2,4-10,12-28H,3,11H2. The predicted octanol–water partition coefficient (Wildman–Crippen LogP) is 12.6. The molecule has 0 radical (unpaired) electrons. The van der Waals surface area contributed by atoms with Crippen LogP contribution in [-0.2, 0) is 0 Å². The van der Waals surface area contributed by atoms with Gasteiger partial charge in [-0.05, 0) is 88.0 Å². The van der Waals surface area contributed by atoms with Gasteiger partial charge in [-0.15, -0.1) is 0 Å². The monoisotopic (exact) mass is 626 g/mol. The Morgan fingerprint density at radius 3 is 2.22 bits per heavy atom.